The minimum absolute atomic E-state index is 0.112. The molecule has 0 saturated heterocycles. The second kappa shape index (κ2) is 8.22. The van der Waals surface area contributed by atoms with Gasteiger partial charge in [0.2, 0.25) is 0 Å². The number of amides is 1. The molecule has 0 spiro atoms. The van der Waals surface area contributed by atoms with Gasteiger partial charge in [-0.05, 0) is 32.4 Å². The molecule has 0 atom stereocenters. The smallest absolute Gasteiger partial charge is 0.336 e. The molecule has 6 heteroatoms. The summed E-state index contributed by atoms with van der Waals surface area (Å²) in [5.41, 5.74) is 2.22. The molecule has 4 rings (SSSR count). The van der Waals surface area contributed by atoms with E-state index < -0.39 is 11.6 Å². The van der Waals surface area contributed by atoms with E-state index in [0.717, 1.165) is 11.1 Å². The number of aromatic nitrogens is 1. The van der Waals surface area contributed by atoms with Gasteiger partial charge in [-0.1, -0.05) is 65.8 Å². The first kappa shape index (κ1) is 20.6. The van der Waals surface area contributed by atoms with E-state index in [4.69, 9.17) is 9.26 Å². The van der Waals surface area contributed by atoms with Crippen LogP contribution < -0.4 is 0 Å². The average molecular weight is 416 g/mol. The quantitative estimate of drug-likeness (QED) is 0.575. The van der Waals surface area contributed by atoms with Crippen LogP contribution >= 0.6 is 0 Å². The van der Waals surface area contributed by atoms with Crippen molar-refractivity contribution in [3.05, 3.63) is 83.1 Å². The molecular formula is C25H24N2O4. The highest BCUT2D eigenvalue weighted by Crippen LogP contribution is 2.31. The van der Waals surface area contributed by atoms with Crippen molar-refractivity contribution in [2.45, 2.75) is 32.9 Å². The Bertz CT molecular complexity index is 1130. The Morgan fingerprint density at radius 1 is 1.06 bits per heavy atom. The molecule has 1 amide bonds. The summed E-state index contributed by atoms with van der Waals surface area (Å²) in [6, 6.07) is 19.0. The van der Waals surface area contributed by atoms with Gasteiger partial charge in [0, 0.05) is 12.1 Å². The Kier molecular flexibility index (Phi) is 5.46. The predicted octanol–water partition coefficient (Wildman–Crippen LogP) is 4.72. The minimum Gasteiger partial charge on any atom is -0.457 e. The molecule has 0 saturated carbocycles. The zero-order chi connectivity index (χ0) is 22.0. The van der Waals surface area contributed by atoms with Gasteiger partial charge in [-0.15, -0.1) is 0 Å². The third-order valence-corrected chi connectivity index (χ3v) is 4.81. The highest BCUT2D eigenvalue weighted by molar-refractivity contribution is 6.06. The summed E-state index contributed by atoms with van der Waals surface area (Å²) in [6.45, 7) is 5.88. The van der Waals surface area contributed by atoms with E-state index in [1.807, 2.05) is 81.4 Å². The van der Waals surface area contributed by atoms with E-state index in [0.29, 0.717) is 23.4 Å². The highest BCUT2D eigenvalue weighted by atomic mass is 16.6. The first-order chi connectivity index (χ1) is 14.8. The summed E-state index contributed by atoms with van der Waals surface area (Å²) < 4.78 is 11.1. The van der Waals surface area contributed by atoms with Crippen LogP contribution in [0.25, 0.3) is 17.3 Å². The average Bonchev–Trinajstić information content (AvgIpc) is 3.10. The lowest BCUT2D eigenvalue weighted by molar-refractivity contribution is -0.150. The maximum Gasteiger partial charge on any atom is 0.336 e. The first-order valence-corrected chi connectivity index (χ1v) is 10.1. The van der Waals surface area contributed by atoms with E-state index in [9.17, 15) is 9.59 Å². The highest BCUT2D eigenvalue weighted by Gasteiger charge is 2.33. The monoisotopic (exact) mass is 416 g/mol. The van der Waals surface area contributed by atoms with Crippen molar-refractivity contribution < 1.29 is 18.8 Å². The van der Waals surface area contributed by atoms with Crippen molar-refractivity contribution in [3.63, 3.8) is 0 Å². The number of rotatable bonds is 4. The molecule has 0 fully saturated rings. The van der Waals surface area contributed by atoms with Crippen LogP contribution in [0.2, 0.25) is 0 Å². The van der Waals surface area contributed by atoms with Crippen LogP contribution in [0.5, 0.6) is 0 Å². The van der Waals surface area contributed by atoms with Crippen LogP contribution in [0.3, 0.4) is 0 Å². The van der Waals surface area contributed by atoms with Crippen LogP contribution in [0.15, 0.2) is 70.8 Å². The number of carbonyl (C=O) groups excluding carboxylic acids is 2. The summed E-state index contributed by atoms with van der Waals surface area (Å²) in [5.74, 6) is -0.460. The van der Waals surface area contributed by atoms with Gasteiger partial charge in [0.15, 0.2) is 5.76 Å². The van der Waals surface area contributed by atoms with E-state index in [1.54, 1.807) is 11.0 Å². The molecule has 6 nitrogen and oxygen atoms in total. The standard InChI is InChI=1S/C25H24N2O4/c1-25(2,3)30-24(29)19-14-20-21(22(26-31-20)18-12-8-5-9-13-18)23(28)27(16-19)15-17-10-6-4-7-11-17/h4-14H,15-16H2,1-3H3. The van der Waals surface area contributed by atoms with Crippen LogP contribution in [-0.4, -0.2) is 34.1 Å². The van der Waals surface area contributed by atoms with Gasteiger partial charge < -0.3 is 14.2 Å². The third kappa shape index (κ3) is 4.58. The zero-order valence-electron chi connectivity index (χ0n) is 17.8. The summed E-state index contributed by atoms with van der Waals surface area (Å²) in [5, 5.41) is 4.15. The minimum atomic E-state index is -0.655. The number of carbonyl (C=O) groups is 2. The fourth-order valence-electron chi connectivity index (χ4n) is 3.44. The number of hydrogen-bond acceptors (Lipinski definition) is 5. The normalized spacial score (nSPS) is 14.0. The Morgan fingerprint density at radius 2 is 1.71 bits per heavy atom. The van der Waals surface area contributed by atoms with Gasteiger partial charge in [-0.2, -0.15) is 0 Å². The predicted molar refractivity (Wildman–Crippen MR) is 117 cm³/mol. The van der Waals surface area contributed by atoms with Gasteiger partial charge in [0.25, 0.3) is 5.91 Å². The SMILES string of the molecule is CC(C)(C)OC(=O)C1=Cc2onc(-c3ccccc3)c2C(=O)N(Cc2ccccc2)C1. The number of benzene rings is 2. The molecule has 158 valence electrons. The van der Waals surface area contributed by atoms with E-state index in [-0.39, 0.29) is 18.2 Å². The Labute approximate surface area is 181 Å². The van der Waals surface area contributed by atoms with Crippen LogP contribution in [0.1, 0.15) is 42.5 Å². The lowest BCUT2D eigenvalue weighted by Crippen LogP contribution is -2.34. The fraction of sp³-hybridized carbons (Fsp3) is 0.240. The third-order valence-electron chi connectivity index (χ3n) is 4.81. The van der Waals surface area contributed by atoms with Crippen molar-refractivity contribution in [2.75, 3.05) is 6.54 Å². The first-order valence-electron chi connectivity index (χ1n) is 10.1. The van der Waals surface area contributed by atoms with Crippen molar-refractivity contribution >= 4 is 18.0 Å². The molecule has 0 bridgehead atoms. The largest absolute Gasteiger partial charge is 0.457 e. The topological polar surface area (TPSA) is 72.6 Å². The zero-order valence-corrected chi connectivity index (χ0v) is 17.8. The molecule has 0 radical (unpaired) electrons. The molecule has 31 heavy (non-hydrogen) atoms. The van der Waals surface area contributed by atoms with Crippen LogP contribution in [0.4, 0.5) is 0 Å². The molecule has 1 aliphatic rings. The molecule has 3 aromatic rings. The summed E-state index contributed by atoms with van der Waals surface area (Å²) >= 11 is 0. The molecule has 0 aliphatic carbocycles. The van der Waals surface area contributed by atoms with Crippen molar-refractivity contribution in [2.24, 2.45) is 0 Å². The molecular weight excluding hydrogens is 392 g/mol. The molecule has 1 aromatic heterocycles. The molecule has 1 aliphatic heterocycles. The molecule has 2 heterocycles. The van der Waals surface area contributed by atoms with E-state index >= 15 is 0 Å². The number of nitrogens with zero attached hydrogens (tertiary/aromatic N) is 2. The van der Waals surface area contributed by atoms with Gasteiger partial charge >= 0.3 is 5.97 Å². The Morgan fingerprint density at radius 3 is 2.35 bits per heavy atom. The van der Waals surface area contributed by atoms with Crippen LogP contribution in [0, 0.1) is 0 Å². The summed E-state index contributed by atoms with van der Waals surface area (Å²) in [7, 11) is 0. The van der Waals surface area contributed by atoms with Crippen molar-refractivity contribution in [1.82, 2.24) is 10.1 Å². The maximum atomic E-state index is 13.6. The number of ether oxygens (including phenoxy) is 1. The fourth-order valence-corrected chi connectivity index (χ4v) is 3.44. The van der Waals surface area contributed by atoms with Gasteiger partial charge in [-0.25, -0.2) is 4.79 Å². The Hall–Kier alpha value is -3.67. The lowest BCUT2D eigenvalue weighted by Gasteiger charge is -2.24. The number of hydrogen-bond donors (Lipinski definition) is 0. The second-order valence-corrected chi connectivity index (χ2v) is 8.45. The second-order valence-electron chi connectivity index (χ2n) is 8.45. The van der Waals surface area contributed by atoms with Gasteiger partial charge in [0.05, 0.1) is 12.1 Å². The van der Waals surface area contributed by atoms with Gasteiger partial charge in [0.1, 0.15) is 16.9 Å². The molecule has 0 unspecified atom stereocenters. The molecule has 2 aromatic carbocycles. The Balaban J connectivity index is 1.78. The maximum absolute atomic E-state index is 13.6. The number of fused-ring (bicyclic) bond motifs is 1. The van der Waals surface area contributed by atoms with E-state index in [1.165, 1.54) is 0 Å². The number of esters is 1. The lowest BCUT2D eigenvalue weighted by atomic mass is 10.0. The van der Waals surface area contributed by atoms with Crippen molar-refractivity contribution in [3.8, 4) is 11.3 Å². The molecule has 0 N–H and O–H groups in total. The van der Waals surface area contributed by atoms with Crippen LogP contribution in [-0.2, 0) is 16.1 Å². The van der Waals surface area contributed by atoms with E-state index in [2.05, 4.69) is 5.16 Å². The van der Waals surface area contributed by atoms with Crippen molar-refractivity contribution in [1.29, 1.82) is 0 Å². The summed E-state index contributed by atoms with van der Waals surface area (Å²) in [6.07, 6.45) is 1.58. The summed E-state index contributed by atoms with van der Waals surface area (Å²) in [4.78, 5) is 28.1. The van der Waals surface area contributed by atoms with Gasteiger partial charge in [-0.3, -0.25) is 4.79 Å².